The number of para-hydroxylation sites is 1. The molecule has 0 radical (unpaired) electrons. The van der Waals surface area contributed by atoms with Crippen molar-refractivity contribution in [1.82, 2.24) is 14.5 Å². The van der Waals surface area contributed by atoms with Crippen molar-refractivity contribution in [3.63, 3.8) is 0 Å². The van der Waals surface area contributed by atoms with Crippen LogP contribution >= 0.6 is 0 Å². The normalized spacial score (nSPS) is 11.7. The fourth-order valence-corrected chi connectivity index (χ4v) is 2.96. The number of aromatic nitrogens is 3. The van der Waals surface area contributed by atoms with Crippen molar-refractivity contribution in [3.05, 3.63) is 52.9 Å². The predicted molar refractivity (Wildman–Crippen MR) is 85.7 cm³/mol. The SMILES string of the molecule is CCCn1cnc2c3c(=O)c4ccccc4[nH]c3ccc21. The molecule has 0 bridgehead atoms. The van der Waals surface area contributed by atoms with Crippen LogP contribution in [-0.4, -0.2) is 14.5 Å². The second-order valence-corrected chi connectivity index (χ2v) is 5.29. The molecule has 0 unspecified atom stereocenters. The van der Waals surface area contributed by atoms with E-state index < -0.39 is 0 Å². The summed E-state index contributed by atoms with van der Waals surface area (Å²) in [5.74, 6) is 0. The summed E-state index contributed by atoms with van der Waals surface area (Å²) in [5.41, 5.74) is 3.56. The van der Waals surface area contributed by atoms with Crippen molar-refractivity contribution in [2.45, 2.75) is 19.9 Å². The van der Waals surface area contributed by atoms with Crippen LogP contribution in [0.4, 0.5) is 0 Å². The van der Waals surface area contributed by atoms with Gasteiger partial charge in [-0.15, -0.1) is 0 Å². The number of nitrogens with zero attached hydrogens (tertiary/aromatic N) is 2. The third kappa shape index (κ3) is 1.69. The minimum absolute atomic E-state index is 0.0479. The highest BCUT2D eigenvalue weighted by atomic mass is 16.1. The highest BCUT2D eigenvalue weighted by Crippen LogP contribution is 2.23. The average molecular weight is 277 g/mol. The Labute approximate surface area is 121 Å². The summed E-state index contributed by atoms with van der Waals surface area (Å²) in [5, 5.41) is 1.39. The second kappa shape index (κ2) is 4.45. The average Bonchev–Trinajstić information content (AvgIpc) is 2.91. The number of aromatic amines is 1. The Morgan fingerprint density at radius 2 is 2.00 bits per heavy atom. The lowest BCUT2D eigenvalue weighted by Gasteiger charge is -2.05. The first-order valence-electron chi connectivity index (χ1n) is 7.18. The molecule has 0 aliphatic heterocycles. The summed E-state index contributed by atoms with van der Waals surface area (Å²) in [6.45, 7) is 3.04. The molecule has 1 N–H and O–H groups in total. The van der Waals surface area contributed by atoms with Crippen molar-refractivity contribution >= 4 is 32.8 Å². The van der Waals surface area contributed by atoms with Crippen molar-refractivity contribution < 1.29 is 0 Å². The standard InChI is InChI=1S/C17H15N3O/c1-2-9-20-10-18-16-14(20)8-7-13-15(16)17(21)11-5-3-4-6-12(11)19-13/h3-8,10H,2,9H2,1H3,(H,19,21). The summed E-state index contributed by atoms with van der Waals surface area (Å²) in [6, 6.07) is 11.6. The van der Waals surface area contributed by atoms with Gasteiger partial charge in [0.25, 0.3) is 0 Å². The fraction of sp³-hybridized carbons (Fsp3) is 0.176. The molecule has 4 heteroatoms. The molecule has 0 fully saturated rings. The number of aryl methyl sites for hydroxylation is 1. The molecule has 0 saturated heterocycles. The van der Waals surface area contributed by atoms with Crippen LogP contribution in [0.3, 0.4) is 0 Å². The Bertz CT molecular complexity index is 1030. The lowest BCUT2D eigenvalue weighted by Crippen LogP contribution is -2.05. The molecule has 0 amide bonds. The quantitative estimate of drug-likeness (QED) is 0.571. The first-order chi connectivity index (χ1) is 10.3. The summed E-state index contributed by atoms with van der Waals surface area (Å²) >= 11 is 0. The zero-order chi connectivity index (χ0) is 14.4. The van der Waals surface area contributed by atoms with Gasteiger partial charge in [0.2, 0.25) is 0 Å². The van der Waals surface area contributed by atoms with Crippen LogP contribution in [0, 0.1) is 0 Å². The summed E-state index contributed by atoms with van der Waals surface area (Å²) in [7, 11) is 0. The number of pyridine rings is 1. The molecular weight excluding hydrogens is 262 g/mol. The third-order valence-electron chi connectivity index (χ3n) is 3.92. The van der Waals surface area contributed by atoms with Gasteiger partial charge in [-0.2, -0.15) is 0 Å². The topological polar surface area (TPSA) is 50.7 Å². The van der Waals surface area contributed by atoms with E-state index in [1.54, 1.807) is 0 Å². The summed E-state index contributed by atoms with van der Waals surface area (Å²) in [4.78, 5) is 20.6. The third-order valence-corrected chi connectivity index (χ3v) is 3.92. The van der Waals surface area contributed by atoms with Gasteiger partial charge in [-0.25, -0.2) is 4.98 Å². The largest absolute Gasteiger partial charge is 0.354 e. The van der Waals surface area contributed by atoms with Gasteiger partial charge in [0, 0.05) is 17.4 Å². The van der Waals surface area contributed by atoms with E-state index >= 15 is 0 Å². The van der Waals surface area contributed by atoms with E-state index in [1.165, 1.54) is 0 Å². The van der Waals surface area contributed by atoms with Crippen LogP contribution in [-0.2, 0) is 6.54 Å². The van der Waals surface area contributed by atoms with Crippen molar-refractivity contribution in [1.29, 1.82) is 0 Å². The number of rotatable bonds is 2. The van der Waals surface area contributed by atoms with Gasteiger partial charge in [-0.05, 0) is 30.7 Å². The highest BCUT2D eigenvalue weighted by molar-refractivity contribution is 6.06. The zero-order valence-electron chi connectivity index (χ0n) is 11.8. The molecule has 0 aliphatic carbocycles. The number of imidazole rings is 1. The fourth-order valence-electron chi connectivity index (χ4n) is 2.96. The van der Waals surface area contributed by atoms with Gasteiger partial charge in [-0.3, -0.25) is 4.79 Å². The molecule has 2 aromatic carbocycles. The van der Waals surface area contributed by atoms with E-state index in [0.717, 1.165) is 35.0 Å². The molecule has 0 saturated carbocycles. The minimum Gasteiger partial charge on any atom is -0.354 e. The first-order valence-corrected chi connectivity index (χ1v) is 7.18. The van der Waals surface area contributed by atoms with Gasteiger partial charge < -0.3 is 9.55 Å². The molecule has 4 rings (SSSR count). The Balaban J connectivity index is 2.20. The number of hydrogen-bond acceptors (Lipinski definition) is 2. The van der Waals surface area contributed by atoms with Gasteiger partial charge in [0.05, 0.1) is 22.7 Å². The summed E-state index contributed by atoms with van der Waals surface area (Å²) in [6.07, 6.45) is 2.86. The molecule has 104 valence electrons. The van der Waals surface area contributed by atoms with Gasteiger partial charge in [-0.1, -0.05) is 19.1 Å². The first kappa shape index (κ1) is 12.1. The molecule has 21 heavy (non-hydrogen) atoms. The van der Waals surface area contributed by atoms with E-state index in [1.807, 2.05) is 42.7 Å². The molecule has 0 aliphatic rings. The lowest BCUT2D eigenvalue weighted by molar-refractivity contribution is 0.697. The van der Waals surface area contributed by atoms with Gasteiger partial charge in [0.1, 0.15) is 5.52 Å². The smallest absolute Gasteiger partial charge is 0.199 e. The molecule has 2 aromatic heterocycles. The van der Waals surface area contributed by atoms with Crippen molar-refractivity contribution in [2.24, 2.45) is 0 Å². The van der Waals surface area contributed by atoms with Crippen LogP contribution in [0.25, 0.3) is 32.8 Å². The van der Waals surface area contributed by atoms with E-state index in [2.05, 4.69) is 21.5 Å². The van der Waals surface area contributed by atoms with Gasteiger partial charge in [0.15, 0.2) is 5.43 Å². The maximum absolute atomic E-state index is 12.8. The van der Waals surface area contributed by atoms with Crippen LogP contribution in [0.15, 0.2) is 47.5 Å². The zero-order valence-corrected chi connectivity index (χ0v) is 11.8. The molecule has 0 atom stereocenters. The van der Waals surface area contributed by atoms with E-state index in [9.17, 15) is 4.79 Å². The van der Waals surface area contributed by atoms with Crippen molar-refractivity contribution in [3.8, 4) is 0 Å². The molecule has 2 heterocycles. The number of fused-ring (bicyclic) bond motifs is 4. The molecule has 4 aromatic rings. The Kier molecular flexibility index (Phi) is 2.57. The molecule has 4 nitrogen and oxygen atoms in total. The Hall–Kier alpha value is -2.62. The van der Waals surface area contributed by atoms with Crippen LogP contribution in [0.1, 0.15) is 13.3 Å². The number of H-pyrrole nitrogens is 1. The maximum atomic E-state index is 12.8. The van der Waals surface area contributed by atoms with Crippen LogP contribution < -0.4 is 5.43 Å². The highest BCUT2D eigenvalue weighted by Gasteiger charge is 2.12. The predicted octanol–water partition coefficient (Wildman–Crippen LogP) is 3.44. The maximum Gasteiger partial charge on any atom is 0.199 e. The van der Waals surface area contributed by atoms with Gasteiger partial charge >= 0.3 is 0 Å². The van der Waals surface area contributed by atoms with Crippen molar-refractivity contribution in [2.75, 3.05) is 0 Å². The van der Waals surface area contributed by atoms with Crippen LogP contribution in [0.2, 0.25) is 0 Å². The summed E-state index contributed by atoms with van der Waals surface area (Å²) < 4.78 is 2.10. The van der Waals surface area contributed by atoms with Crippen LogP contribution in [0.5, 0.6) is 0 Å². The Morgan fingerprint density at radius 1 is 1.14 bits per heavy atom. The van der Waals surface area contributed by atoms with E-state index in [0.29, 0.717) is 10.8 Å². The number of hydrogen-bond donors (Lipinski definition) is 1. The number of nitrogens with one attached hydrogen (secondary N) is 1. The number of benzene rings is 2. The van der Waals surface area contributed by atoms with E-state index in [4.69, 9.17) is 0 Å². The van der Waals surface area contributed by atoms with E-state index in [-0.39, 0.29) is 5.43 Å². The second-order valence-electron chi connectivity index (χ2n) is 5.29. The monoisotopic (exact) mass is 277 g/mol. The molecule has 0 spiro atoms. The molecular formula is C17H15N3O. The Morgan fingerprint density at radius 3 is 2.86 bits per heavy atom. The lowest BCUT2D eigenvalue weighted by atomic mass is 10.1. The minimum atomic E-state index is 0.0479.